The van der Waals surface area contributed by atoms with Gasteiger partial charge in [0.2, 0.25) is 10.0 Å². The fourth-order valence-electron chi connectivity index (χ4n) is 7.35. The highest BCUT2D eigenvalue weighted by Gasteiger charge is 2.45. The molecule has 286 valence electrons. The van der Waals surface area contributed by atoms with Crippen LogP contribution in [0.3, 0.4) is 0 Å². The fraction of sp³-hybridized carbons (Fsp3) is 0.474. The van der Waals surface area contributed by atoms with Gasteiger partial charge in [-0.1, -0.05) is 53.9 Å². The zero-order valence-electron chi connectivity index (χ0n) is 30.4. The molecule has 3 heterocycles. The quantitative estimate of drug-likeness (QED) is 0.215. The minimum absolute atomic E-state index is 0.114. The first kappa shape index (κ1) is 39.5. The second kappa shape index (κ2) is 16.7. The van der Waals surface area contributed by atoms with Crippen molar-refractivity contribution < 1.29 is 26.4 Å². The summed E-state index contributed by atoms with van der Waals surface area (Å²) in [5.41, 5.74) is 2.59. The van der Waals surface area contributed by atoms with Crippen LogP contribution in [0.2, 0.25) is 10.0 Å². The summed E-state index contributed by atoms with van der Waals surface area (Å²) in [4.78, 5) is 26.1. The van der Waals surface area contributed by atoms with Crippen LogP contribution in [0.1, 0.15) is 66.9 Å². The molecule has 2 unspecified atom stereocenters. The number of sulfone groups is 1. The summed E-state index contributed by atoms with van der Waals surface area (Å²) in [5, 5.41) is 1.11. The van der Waals surface area contributed by atoms with Crippen LogP contribution in [0.25, 0.3) is 0 Å². The molecule has 2 fully saturated rings. The summed E-state index contributed by atoms with van der Waals surface area (Å²) < 4.78 is 59.5. The second-order valence-electron chi connectivity index (χ2n) is 13.9. The fourth-order valence-corrected chi connectivity index (χ4v) is 10.0. The monoisotopic (exact) mass is 803 g/mol. The number of nitrogens with zero attached hydrogens (tertiary/aromatic N) is 5. The van der Waals surface area contributed by atoms with Gasteiger partial charge in [0.15, 0.2) is 0 Å². The van der Waals surface area contributed by atoms with Gasteiger partial charge in [-0.2, -0.15) is 4.31 Å². The minimum Gasteiger partial charge on any atom is -0.493 e. The third-order valence-electron chi connectivity index (χ3n) is 10.1. The number of piperazine rings is 1. The van der Waals surface area contributed by atoms with Gasteiger partial charge >= 0.3 is 6.03 Å². The Morgan fingerprint density at radius 1 is 0.849 bits per heavy atom. The number of piperidine rings is 1. The number of benzene rings is 3. The van der Waals surface area contributed by atoms with Gasteiger partial charge in [0.1, 0.15) is 27.5 Å². The Bertz CT molecular complexity index is 2030. The minimum atomic E-state index is -3.86. The van der Waals surface area contributed by atoms with E-state index < -0.39 is 31.9 Å². The Hall–Kier alpha value is -3.20. The van der Waals surface area contributed by atoms with E-state index in [-0.39, 0.29) is 16.7 Å². The van der Waals surface area contributed by atoms with Crippen molar-refractivity contribution in [2.24, 2.45) is 4.99 Å². The van der Waals surface area contributed by atoms with E-state index in [1.165, 1.54) is 6.26 Å². The number of hydrogen-bond donors (Lipinski definition) is 0. The van der Waals surface area contributed by atoms with Crippen molar-refractivity contribution in [3.8, 4) is 5.75 Å². The number of hydrogen-bond acceptors (Lipinski definition) is 8. The number of ether oxygens (including phenoxy) is 1. The number of aryl methyl sites for hydroxylation is 1. The highest BCUT2D eigenvalue weighted by Crippen LogP contribution is 2.46. The molecule has 2 atom stereocenters. The van der Waals surface area contributed by atoms with Gasteiger partial charge in [-0.3, -0.25) is 14.8 Å². The second-order valence-corrected chi connectivity index (χ2v) is 19.0. The van der Waals surface area contributed by atoms with Gasteiger partial charge < -0.3 is 9.64 Å². The van der Waals surface area contributed by atoms with Crippen LogP contribution in [-0.4, -0.2) is 112 Å². The van der Waals surface area contributed by atoms with Gasteiger partial charge in [0.05, 0.1) is 28.9 Å². The summed E-state index contributed by atoms with van der Waals surface area (Å²) in [6, 6.07) is 16.6. The van der Waals surface area contributed by atoms with E-state index in [1.54, 1.807) is 57.4 Å². The number of carbonyl (C=O) groups excluding carboxylic acids is 1. The lowest BCUT2D eigenvalue weighted by Gasteiger charge is -2.39. The highest BCUT2D eigenvalue weighted by molar-refractivity contribution is 7.90. The van der Waals surface area contributed by atoms with E-state index in [0.29, 0.717) is 91.6 Å². The van der Waals surface area contributed by atoms with Crippen LogP contribution in [0, 0.1) is 6.92 Å². The zero-order valence-corrected chi connectivity index (χ0v) is 33.5. The number of amides is 2. The summed E-state index contributed by atoms with van der Waals surface area (Å²) >= 11 is 12.7. The molecule has 3 aromatic rings. The molecular weight excluding hydrogens is 757 g/mol. The maximum absolute atomic E-state index is 15.0. The predicted molar refractivity (Wildman–Crippen MR) is 209 cm³/mol. The third-order valence-corrected chi connectivity index (χ3v) is 13.7. The van der Waals surface area contributed by atoms with Gasteiger partial charge in [0, 0.05) is 55.6 Å². The van der Waals surface area contributed by atoms with E-state index in [0.717, 1.165) is 30.4 Å². The van der Waals surface area contributed by atoms with Gasteiger partial charge in [-0.05, 0) is 92.7 Å². The Kier molecular flexibility index (Phi) is 12.4. The van der Waals surface area contributed by atoms with E-state index in [9.17, 15) is 16.8 Å². The van der Waals surface area contributed by atoms with Crippen molar-refractivity contribution in [3.63, 3.8) is 0 Å². The molecule has 6 rings (SSSR count). The number of halogens is 2. The maximum Gasteiger partial charge on any atom is 0.326 e. The molecule has 3 aliphatic heterocycles. The number of sulfonamides is 1. The average Bonchev–Trinajstić information content (AvgIpc) is 3.52. The molecule has 0 aromatic heterocycles. The largest absolute Gasteiger partial charge is 0.493 e. The van der Waals surface area contributed by atoms with Crippen LogP contribution in [0.5, 0.6) is 5.75 Å². The number of amidine groups is 1. The molecular formula is C38H47Cl2N5O6S2. The van der Waals surface area contributed by atoms with Gasteiger partial charge in [-0.25, -0.2) is 21.6 Å². The topological polar surface area (TPSA) is 120 Å². The first-order valence-electron chi connectivity index (χ1n) is 18.1. The van der Waals surface area contributed by atoms with E-state index in [1.807, 2.05) is 31.2 Å². The maximum atomic E-state index is 15.0. The van der Waals surface area contributed by atoms with Crippen molar-refractivity contribution in [3.05, 3.63) is 93.0 Å². The van der Waals surface area contributed by atoms with Crippen molar-refractivity contribution in [2.45, 2.75) is 56.5 Å². The van der Waals surface area contributed by atoms with Gasteiger partial charge in [0.25, 0.3) is 0 Å². The molecule has 53 heavy (non-hydrogen) atoms. The summed E-state index contributed by atoms with van der Waals surface area (Å²) in [6.45, 7) is 7.46. The molecule has 0 bridgehead atoms. The van der Waals surface area contributed by atoms with Crippen molar-refractivity contribution in [2.75, 3.05) is 64.4 Å². The lowest BCUT2D eigenvalue weighted by molar-refractivity contribution is 0.119. The van der Waals surface area contributed by atoms with Crippen LogP contribution in [0.15, 0.2) is 70.6 Å². The summed E-state index contributed by atoms with van der Waals surface area (Å²) in [5.74, 6) is 0.855. The predicted octanol–water partition coefficient (Wildman–Crippen LogP) is 6.59. The molecule has 2 amide bonds. The van der Waals surface area contributed by atoms with Crippen LogP contribution >= 0.6 is 23.2 Å². The molecule has 11 nitrogen and oxygen atoms in total. The van der Waals surface area contributed by atoms with Crippen LogP contribution < -0.4 is 4.74 Å². The SMILES string of the molecule is CCOc1cc(C)c(S(=O)(=O)N2CCCCC2)cc1C1=NC(c2ccc(Cl)cc2)C(c2ccc(Cl)cc2)N1C(=O)N1CCN(CCCS(C)(=O)=O)CC1. The number of carbonyl (C=O) groups is 1. The number of rotatable bonds is 11. The third kappa shape index (κ3) is 9.03. The first-order valence-corrected chi connectivity index (χ1v) is 22.4. The average molecular weight is 805 g/mol. The molecule has 3 aliphatic rings. The van der Waals surface area contributed by atoms with Crippen molar-refractivity contribution >= 4 is 54.9 Å². The molecule has 3 aromatic carbocycles. The number of aliphatic imine (C=N–C) groups is 1. The lowest BCUT2D eigenvalue weighted by Crippen LogP contribution is -2.54. The van der Waals surface area contributed by atoms with E-state index in [4.69, 9.17) is 32.9 Å². The van der Waals surface area contributed by atoms with E-state index in [2.05, 4.69) is 4.90 Å². The van der Waals surface area contributed by atoms with Gasteiger partial charge in [-0.15, -0.1) is 0 Å². The molecule has 0 aliphatic carbocycles. The van der Waals surface area contributed by atoms with Crippen LogP contribution in [-0.2, 0) is 19.9 Å². The normalized spacial score (nSPS) is 20.4. The summed E-state index contributed by atoms with van der Waals surface area (Å²) in [6.07, 6.45) is 4.35. The molecule has 0 radical (unpaired) electrons. The number of urea groups is 1. The first-order chi connectivity index (χ1) is 25.3. The zero-order chi connectivity index (χ0) is 37.9. The van der Waals surface area contributed by atoms with E-state index >= 15 is 4.79 Å². The van der Waals surface area contributed by atoms with Crippen LogP contribution in [0.4, 0.5) is 4.79 Å². The van der Waals surface area contributed by atoms with Crippen molar-refractivity contribution in [1.29, 1.82) is 0 Å². The Morgan fingerprint density at radius 3 is 2.04 bits per heavy atom. The Balaban J connectivity index is 1.46. The summed E-state index contributed by atoms with van der Waals surface area (Å²) in [7, 11) is -6.93. The molecule has 15 heteroatoms. The Morgan fingerprint density at radius 2 is 1.45 bits per heavy atom. The smallest absolute Gasteiger partial charge is 0.326 e. The molecule has 2 saturated heterocycles. The van der Waals surface area contributed by atoms with Crippen molar-refractivity contribution in [1.82, 2.24) is 19.0 Å². The standard InChI is InChI=1S/C38H47Cl2N5O6S2/c1-4-51-33-25-27(2)34(53(49,50)44-18-6-5-7-19-44)26-32(33)37-41-35(28-9-13-30(39)14-10-28)36(29-11-15-31(40)16-12-29)45(37)38(46)43-22-20-42(21-23-43)17-8-24-52(3,47)48/h9-16,25-26,35-36H,4-8,17-24H2,1-3H3. The lowest BCUT2D eigenvalue weighted by atomic mass is 9.93. The molecule has 0 N–H and O–H groups in total. The molecule has 0 spiro atoms. The molecule has 0 saturated carbocycles. The highest BCUT2D eigenvalue weighted by atomic mass is 35.5. The Labute approximate surface area is 323 Å².